The van der Waals surface area contributed by atoms with Gasteiger partial charge in [0.05, 0.1) is 24.5 Å². The molecule has 3 amide bonds. The first-order valence-electron chi connectivity index (χ1n) is 13.3. The lowest BCUT2D eigenvalue weighted by Crippen LogP contribution is -2.58. The van der Waals surface area contributed by atoms with Crippen LogP contribution in [0.4, 0.5) is 5.69 Å². The van der Waals surface area contributed by atoms with Gasteiger partial charge in [0.1, 0.15) is 17.4 Å². The molecule has 0 radical (unpaired) electrons. The van der Waals surface area contributed by atoms with Crippen LogP contribution < -0.4 is 15.4 Å². The minimum Gasteiger partial charge on any atom is -0.494 e. The third-order valence-corrected chi connectivity index (χ3v) is 8.29. The van der Waals surface area contributed by atoms with Crippen molar-refractivity contribution in [2.45, 2.75) is 83.2 Å². The Labute approximate surface area is 212 Å². The van der Waals surface area contributed by atoms with E-state index in [2.05, 4.69) is 17.6 Å². The molecule has 1 spiro atoms. The number of carbonyl (C=O) groups is 3. The van der Waals surface area contributed by atoms with Crippen molar-refractivity contribution in [1.29, 1.82) is 0 Å². The van der Waals surface area contributed by atoms with Crippen molar-refractivity contribution in [1.82, 2.24) is 10.2 Å². The number of rotatable bonds is 7. The molecule has 3 fully saturated rings. The van der Waals surface area contributed by atoms with Gasteiger partial charge in [-0.05, 0) is 63.8 Å². The molecule has 2 bridgehead atoms. The minimum absolute atomic E-state index is 0.0900. The second-order valence-corrected chi connectivity index (χ2v) is 10.9. The maximum Gasteiger partial charge on any atom is 0.246 e. The first-order valence-corrected chi connectivity index (χ1v) is 13.3. The zero-order valence-electron chi connectivity index (χ0n) is 21.5. The largest absolute Gasteiger partial charge is 0.494 e. The molecule has 7 atom stereocenters. The van der Waals surface area contributed by atoms with Crippen molar-refractivity contribution in [3.63, 3.8) is 0 Å². The minimum atomic E-state index is -1.13. The Kier molecular flexibility index (Phi) is 6.57. The number of nitrogens with one attached hydrogen (secondary N) is 2. The summed E-state index contributed by atoms with van der Waals surface area (Å²) in [6.45, 7) is 8.46. The van der Waals surface area contributed by atoms with Gasteiger partial charge in [-0.2, -0.15) is 0 Å². The standard InChI is InChI=1S/C28H37N3O5/c1-5-35-19-12-10-18(11-13-19)29-25(32)22-21-14-15-28(36-21)23(22)27(34)31(16(2)3)24(28)26(33)30-20-9-7-6-8-17(20)4/h10-17,20-24H,5-9H2,1-4H3,(H,29,32)(H,30,33)/t17-,20-,21-,22+,23-,24-,28-/m1/s1. The van der Waals surface area contributed by atoms with E-state index < -0.39 is 29.6 Å². The van der Waals surface area contributed by atoms with Gasteiger partial charge < -0.3 is 25.0 Å². The van der Waals surface area contributed by atoms with Crippen LogP contribution in [0.25, 0.3) is 0 Å². The topological polar surface area (TPSA) is 97.0 Å². The average molecular weight is 496 g/mol. The highest BCUT2D eigenvalue weighted by Crippen LogP contribution is 2.55. The van der Waals surface area contributed by atoms with Crippen LogP contribution in [0.3, 0.4) is 0 Å². The van der Waals surface area contributed by atoms with Gasteiger partial charge in [-0.15, -0.1) is 0 Å². The van der Waals surface area contributed by atoms with Crippen molar-refractivity contribution in [3.8, 4) is 5.75 Å². The summed E-state index contributed by atoms with van der Waals surface area (Å²) in [5.74, 6) is -0.986. The van der Waals surface area contributed by atoms with Crippen LogP contribution in [-0.2, 0) is 19.1 Å². The maximum absolute atomic E-state index is 13.8. The predicted octanol–water partition coefficient (Wildman–Crippen LogP) is 3.28. The summed E-state index contributed by atoms with van der Waals surface area (Å²) in [7, 11) is 0. The average Bonchev–Trinajstić information content (AvgIpc) is 3.49. The van der Waals surface area contributed by atoms with Crippen molar-refractivity contribution < 1.29 is 23.9 Å². The second-order valence-electron chi connectivity index (χ2n) is 10.9. The fourth-order valence-corrected chi connectivity index (χ4v) is 6.58. The van der Waals surface area contributed by atoms with E-state index >= 15 is 0 Å². The van der Waals surface area contributed by atoms with E-state index in [0.29, 0.717) is 18.2 Å². The highest BCUT2D eigenvalue weighted by Gasteiger charge is 2.73. The van der Waals surface area contributed by atoms with Gasteiger partial charge in [0.25, 0.3) is 0 Å². The van der Waals surface area contributed by atoms with Crippen LogP contribution in [0.1, 0.15) is 53.4 Å². The molecule has 3 aliphatic heterocycles. The van der Waals surface area contributed by atoms with E-state index in [9.17, 15) is 14.4 Å². The fourth-order valence-electron chi connectivity index (χ4n) is 6.58. The predicted molar refractivity (Wildman–Crippen MR) is 135 cm³/mol. The lowest BCUT2D eigenvalue weighted by molar-refractivity contribution is -0.143. The van der Waals surface area contributed by atoms with Crippen molar-refractivity contribution in [2.24, 2.45) is 17.8 Å². The van der Waals surface area contributed by atoms with E-state index in [1.54, 1.807) is 29.2 Å². The fraction of sp³-hybridized carbons (Fsp3) is 0.607. The Bertz CT molecular complexity index is 1050. The summed E-state index contributed by atoms with van der Waals surface area (Å²) in [4.78, 5) is 42.7. The monoisotopic (exact) mass is 495 g/mol. The number of nitrogens with zero attached hydrogens (tertiary/aromatic N) is 1. The number of carbonyl (C=O) groups excluding carboxylic acids is 3. The molecule has 36 heavy (non-hydrogen) atoms. The molecule has 4 aliphatic rings. The maximum atomic E-state index is 13.8. The summed E-state index contributed by atoms with van der Waals surface area (Å²) >= 11 is 0. The molecule has 1 saturated carbocycles. The van der Waals surface area contributed by atoms with Gasteiger partial charge >= 0.3 is 0 Å². The van der Waals surface area contributed by atoms with Crippen LogP contribution in [0, 0.1) is 17.8 Å². The Hall–Kier alpha value is -2.87. The number of fused-ring (bicyclic) bond motifs is 1. The van der Waals surface area contributed by atoms with Gasteiger partial charge in [0.15, 0.2) is 0 Å². The molecule has 1 aliphatic carbocycles. The molecule has 2 saturated heterocycles. The van der Waals surface area contributed by atoms with Gasteiger partial charge in [-0.3, -0.25) is 14.4 Å². The molecule has 8 nitrogen and oxygen atoms in total. The summed E-state index contributed by atoms with van der Waals surface area (Å²) in [6, 6.07) is 6.24. The number of amides is 3. The van der Waals surface area contributed by atoms with Crippen LogP contribution in [0.5, 0.6) is 5.75 Å². The molecule has 1 aromatic carbocycles. The number of ether oxygens (including phenoxy) is 2. The SMILES string of the molecule is CCOc1ccc(NC(=O)[C@H]2[C@H]3C=C[C@@]4(O3)[C@H]2C(=O)N(C(C)C)[C@@H]4C(=O)N[C@@H]2CCCC[C@H]2C)cc1. The molecule has 8 heteroatoms. The second kappa shape index (κ2) is 9.54. The highest BCUT2D eigenvalue weighted by molar-refractivity contribution is 6.02. The molecule has 5 rings (SSSR count). The lowest BCUT2D eigenvalue weighted by atomic mass is 9.74. The molecular weight excluding hydrogens is 458 g/mol. The molecule has 0 unspecified atom stereocenters. The van der Waals surface area contributed by atoms with Gasteiger partial charge in [-0.1, -0.05) is 31.9 Å². The van der Waals surface area contributed by atoms with Crippen LogP contribution in [0.15, 0.2) is 36.4 Å². The summed E-state index contributed by atoms with van der Waals surface area (Å²) < 4.78 is 11.9. The first-order chi connectivity index (χ1) is 17.3. The zero-order valence-corrected chi connectivity index (χ0v) is 21.5. The van der Waals surface area contributed by atoms with Gasteiger partial charge in [0.2, 0.25) is 17.7 Å². The Morgan fingerprint density at radius 1 is 1.17 bits per heavy atom. The molecule has 3 heterocycles. The third kappa shape index (κ3) is 3.99. The Balaban J connectivity index is 1.39. The van der Waals surface area contributed by atoms with E-state index in [-0.39, 0.29) is 29.8 Å². The summed E-state index contributed by atoms with van der Waals surface area (Å²) in [6.07, 6.45) is 7.46. The first kappa shape index (κ1) is 24.8. The molecule has 0 aromatic heterocycles. The third-order valence-electron chi connectivity index (χ3n) is 8.29. The smallest absolute Gasteiger partial charge is 0.246 e. The van der Waals surface area contributed by atoms with Crippen LogP contribution >= 0.6 is 0 Å². The van der Waals surface area contributed by atoms with Gasteiger partial charge in [-0.25, -0.2) is 0 Å². The van der Waals surface area contributed by atoms with E-state index in [1.165, 1.54) is 6.42 Å². The van der Waals surface area contributed by atoms with E-state index in [4.69, 9.17) is 9.47 Å². The van der Waals surface area contributed by atoms with Gasteiger partial charge in [0, 0.05) is 17.8 Å². The summed E-state index contributed by atoms with van der Waals surface area (Å²) in [5, 5.41) is 6.19. The number of anilines is 1. The van der Waals surface area contributed by atoms with Crippen LogP contribution in [0.2, 0.25) is 0 Å². The Morgan fingerprint density at radius 2 is 1.89 bits per heavy atom. The number of benzene rings is 1. The molecular formula is C28H37N3O5. The number of hydrogen-bond donors (Lipinski definition) is 2. The number of hydrogen-bond acceptors (Lipinski definition) is 5. The molecule has 1 aromatic rings. The van der Waals surface area contributed by atoms with Crippen molar-refractivity contribution >= 4 is 23.4 Å². The van der Waals surface area contributed by atoms with E-state index in [1.807, 2.05) is 32.9 Å². The van der Waals surface area contributed by atoms with Crippen molar-refractivity contribution in [3.05, 3.63) is 36.4 Å². The quantitative estimate of drug-likeness (QED) is 0.566. The highest BCUT2D eigenvalue weighted by atomic mass is 16.5. The van der Waals surface area contributed by atoms with Crippen molar-refractivity contribution in [2.75, 3.05) is 11.9 Å². The van der Waals surface area contributed by atoms with Crippen LogP contribution in [-0.4, -0.2) is 59.1 Å². The molecule has 2 N–H and O–H groups in total. The number of likely N-dealkylation sites (tertiary alicyclic amines) is 1. The summed E-state index contributed by atoms with van der Waals surface area (Å²) in [5.41, 5.74) is -0.509. The van der Waals surface area contributed by atoms with E-state index in [0.717, 1.165) is 25.0 Å². The molecule has 194 valence electrons. The zero-order chi connectivity index (χ0) is 25.6. The normalized spacial score (nSPS) is 34.7. The Morgan fingerprint density at radius 3 is 2.56 bits per heavy atom. The lowest BCUT2D eigenvalue weighted by Gasteiger charge is -2.37.